The molecule has 0 amide bonds. The summed E-state index contributed by atoms with van der Waals surface area (Å²) in [5.41, 5.74) is 1.42. The highest BCUT2D eigenvalue weighted by atomic mass is 16.5. The van der Waals surface area contributed by atoms with Crippen molar-refractivity contribution in [2.45, 2.75) is 32.2 Å². The molecule has 1 aliphatic heterocycles. The number of hydrogen-bond acceptors (Lipinski definition) is 2. The maximum Gasteiger partial charge on any atom is 0.0478 e. The first kappa shape index (κ1) is 12.6. The number of rotatable bonds is 2. The first-order valence-corrected chi connectivity index (χ1v) is 6.79. The second kappa shape index (κ2) is 7.46. The summed E-state index contributed by atoms with van der Waals surface area (Å²) in [6.45, 7) is 5.36. The molecule has 2 rings (SSSR count). The van der Waals surface area contributed by atoms with E-state index < -0.39 is 0 Å². The van der Waals surface area contributed by atoms with E-state index in [1.165, 1.54) is 31.4 Å². The van der Waals surface area contributed by atoms with Gasteiger partial charge in [0, 0.05) is 26.3 Å². The quantitative estimate of drug-likeness (QED) is 0.778. The molecule has 1 aromatic carbocycles. The van der Waals surface area contributed by atoms with Gasteiger partial charge in [0.15, 0.2) is 0 Å². The van der Waals surface area contributed by atoms with E-state index in [0.29, 0.717) is 0 Å². The van der Waals surface area contributed by atoms with Crippen molar-refractivity contribution in [3.05, 3.63) is 35.9 Å². The molecule has 1 aliphatic rings. The fourth-order valence-electron chi connectivity index (χ4n) is 2.32. The van der Waals surface area contributed by atoms with Gasteiger partial charge in [-0.15, -0.1) is 0 Å². The molecular weight excluding hydrogens is 210 g/mol. The van der Waals surface area contributed by atoms with E-state index in [-0.39, 0.29) is 0 Å². The van der Waals surface area contributed by atoms with Crippen molar-refractivity contribution in [1.82, 2.24) is 4.90 Å². The Bertz CT molecular complexity index is 289. The summed E-state index contributed by atoms with van der Waals surface area (Å²) in [6.07, 6.45) is 4.98. The van der Waals surface area contributed by atoms with Crippen LogP contribution in [0, 0.1) is 0 Å². The van der Waals surface area contributed by atoms with Crippen LogP contribution < -0.4 is 0 Å². The van der Waals surface area contributed by atoms with Gasteiger partial charge in [-0.25, -0.2) is 0 Å². The second-order valence-corrected chi connectivity index (χ2v) is 4.79. The van der Waals surface area contributed by atoms with Crippen LogP contribution in [0.15, 0.2) is 30.3 Å². The molecule has 0 unspecified atom stereocenters. The van der Waals surface area contributed by atoms with E-state index in [2.05, 4.69) is 35.2 Å². The third-order valence-electron chi connectivity index (χ3n) is 3.28. The standard InChI is InChI=1S/C15H23NO/c1-3-8-15(9-4-1)14-16-10-5-2-6-12-17-13-7-11-16/h1,3-4,8-9H,2,5-7,10-14H2. The highest BCUT2D eigenvalue weighted by Crippen LogP contribution is 2.09. The molecular formula is C15H23NO. The van der Waals surface area contributed by atoms with Crippen molar-refractivity contribution in [3.63, 3.8) is 0 Å². The average molecular weight is 233 g/mol. The molecule has 0 spiro atoms. The van der Waals surface area contributed by atoms with Crippen molar-refractivity contribution in [1.29, 1.82) is 0 Å². The van der Waals surface area contributed by atoms with Crippen LogP contribution in [0.2, 0.25) is 0 Å². The summed E-state index contributed by atoms with van der Waals surface area (Å²) in [7, 11) is 0. The van der Waals surface area contributed by atoms with E-state index in [0.717, 1.165) is 32.7 Å². The molecule has 0 atom stereocenters. The Morgan fingerprint density at radius 1 is 0.882 bits per heavy atom. The van der Waals surface area contributed by atoms with Crippen molar-refractivity contribution in [2.75, 3.05) is 26.3 Å². The normalized spacial score (nSPS) is 20.0. The first-order valence-electron chi connectivity index (χ1n) is 6.79. The summed E-state index contributed by atoms with van der Waals surface area (Å²) in [5.74, 6) is 0. The van der Waals surface area contributed by atoms with Crippen LogP contribution in [-0.2, 0) is 11.3 Å². The Kier molecular flexibility index (Phi) is 5.53. The minimum absolute atomic E-state index is 0.922. The number of hydrogen-bond donors (Lipinski definition) is 0. The summed E-state index contributed by atoms with van der Waals surface area (Å²) in [4.78, 5) is 2.56. The largest absolute Gasteiger partial charge is 0.381 e. The lowest BCUT2D eigenvalue weighted by atomic mass is 10.1. The van der Waals surface area contributed by atoms with E-state index in [1.807, 2.05) is 0 Å². The predicted octanol–water partition coefficient (Wildman–Crippen LogP) is 3.08. The second-order valence-electron chi connectivity index (χ2n) is 4.79. The van der Waals surface area contributed by atoms with E-state index >= 15 is 0 Å². The van der Waals surface area contributed by atoms with Crippen LogP contribution in [0.25, 0.3) is 0 Å². The van der Waals surface area contributed by atoms with Crippen LogP contribution in [-0.4, -0.2) is 31.2 Å². The third-order valence-corrected chi connectivity index (χ3v) is 3.28. The van der Waals surface area contributed by atoms with E-state index in [4.69, 9.17) is 4.74 Å². The Morgan fingerprint density at radius 2 is 1.65 bits per heavy atom. The average Bonchev–Trinajstić information content (AvgIpc) is 2.38. The smallest absolute Gasteiger partial charge is 0.0478 e. The zero-order chi connectivity index (χ0) is 11.8. The molecule has 2 heteroatoms. The lowest BCUT2D eigenvalue weighted by molar-refractivity contribution is 0.107. The van der Waals surface area contributed by atoms with Gasteiger partial charge in [-0.3, -0.25) is 4.90 Å². The summed E-state index contributed by atoms with van der Waals surface area (Å²) in [5, 5.41) is 0. The number of nitrogens with zero attached hydrogens (tertiary/aromatic N) is 1. The van der Waals surface area contributed by atoms with Crippen LogP contribution in [0.3, 0.4) is 0 Å². The minimum Gasteiger partial charge on any atom is -0.381 e. The van der Waals surface area contributed by atoms with Gasteiger partial charge >= 0.3 is 0 Å². The minimum atomic E-state index is 0.922. The Balaban J connectivity index is 1.83. The predicted molar refractivity (Wildman–Crippen MR) is 71.0 cm³/mol. The van der Waals surface area contributed by atoms with Crippen molar-refractivity contribution in [2.24, 2.45) is 0 Å². The molecule has 1 aromatic rings. The van der Waals surface area contributed by atoms with Crippen LogP contribution in [0.1, 0.15) is 31.2 Å². The molecule has 0 aliphatic carbocycles. The fraction of sp³-hybridized carbons (Fsp3) is 0.600. The summed E-state index contributed by atoms with van der Waals surface area (Å²) in [6, 6.07) is 10.8. The fourth-order valence-corrected chi connectivity index (χ4v) is 2.32. The maximum absolute atomic E-state index is 5.58. The molecule has 0 saturated carbocycles. The van der Waals surface area contributed by atoms with Gasteiger partial charge in [-0.05, 0) is 37.8 Å². The zero-order valence-corrected chi connectivity index (χ0v) is 10.6. The summed E-state index contributed by atoms with van der Waals surface area (Å²) < 4.78 is 5.58. The monoisotopic (exact) mass is 233 g/mol. The van der Waals surface area contributed by atoms with Gasteiger partial charge in [-0.1, -0.05) is 30.3 Å². The molecule has 2 nitrogen and oxygen atoms in total. The Labute approximate surface area is 105 Å². The highest BCUT2D eigenvalue weighted by molar-refractivity contribution is 5.14. The lowest BCUT2D eigenvalue weighted by Gasteiger charge is -2.23. The molecule has 0 bridgehead atoms. The lowest BCUT2D eigenvalue weighted by Crippen LogP contribution is -2.27. The van der Waals surface area contributed by atoms with E-state index in [1.54, 1.807) is 0 Å². The van der Waals surface area contributed by atoms with Crippen LogP contribution in [0.4, 0.5) is 0 Å². The van der Waals surface area contributed by atoms with Crippen molar-refractivity contribution >= 4 is 0 Å². The van der Waals surface area contributed by atoms with Gasteiger partial charge in [0.05, 0.1) is 0 Å². The van der Waals surface area contributed by atoms with Crippen LogP contribution in [0.5, 0.6) is 0 Å². The van der Waals surface area contributed by atoms with Crippen LogP contribution >= 0.6 is 0 Å². The van der Waals surface area contributed by atoms with E-state index in [9.17, 15) is 0 Å². The molecule has 94 valence electrons. The topological polar surface area (TPSA) is 12.5 Å². The van der Waals surface area contributed by atoms with Crippen molar-refractivity contribution in [3.8, 4) is 0 Å². The number of ether oxygens (including phenoxy) is 1. The molecule has 0 radical (unpaired) electrons. The van der Waals surface area contributed by atoms with Gasteiger partial charge in [-0.2, -0.15) is 0 Å². The molecule has 0 N–H and O–H groups in total. The first-order chi connectivity index (χ1) is 8.45. The summed E-state index contributed by atoms with van der Waals surface area (Å²) >= 11 is 0. The Hall–Kier alpha value is -0.860. The highest BCUT2D eigenvalue weighted by Gasteiger charge is 2.07. The van der Waals surface area contributed by atoms with Gasteiger partial charge in [0.1, 0.15) is 0 Å². The molecule has 17 heavy (non-hydrogen) atoms. The Morgan fingerprint density at radius 3 is 2.53 bits per heavy atom. The molecule has 1 heterocycles. The van der Waals surface area contributed by atoms with Gasteiger partial charge in [0.2, 0.25) is 0 Å². The third kappa shape index (κ3) is 4.88. The van der Waals surface area contributed by atoms with Gasteiger partial charge in [0.25, 0.3) is 0 Å². The van der Waals surface area contributed by atoms with Crippen molar-refractivity contribution < 1.29 is 4.74 Å². The SMILES string of the molecule is c1ccc(CN2CCCCCOCCC2)cc1. The molecule has 1 fully saturated rings. The molecule has 0 aromatic heterocycles. The number of benzene rings is 1. The van der Waals surface area contributed by atoms with Gasteiger partial charge < -0.3 is 4.74 Å². The molecule has 1 saturated heterocycles. The zero-order valence-electron chi connectivity index (χ0n) is 10.6. The maximum atomic E-state index is 5.58.